The van der Waals surface area contributed by atoms with Crippen LogP contribution in [0.1, 0.15) is 30.5 Å². The van der Waals surface area contributed by atoms with Gasteiger partial charge in [0.1, 0.15) is 0 Å². The van der Waals surface area contributed by atoms with Crippen molar-refractivity contribution < 1.29 is 0 Å². The Bertz CT molecular complexity index is 748. The van der Waals surface area contributed by atoms with E-state index in [0.717, 1.165) is 69.1 Å². The Morgan fingerprint density at radius 3 is 2.38 bits per heavy atom. The van der Waals surface area contributed by atoms with Crippen LogP contribution in [0, 0.1) is 0 Å². The fourth-order valence-corrected chi connectivity index (χ4v) is 3.73. The Balaban J connectivity index is 1.51. The maximum Gasteiger partial charge on any atom is 0.255 e. The number of aromatic amines is 1. The van der Waals surface area contributed by atoms with Crippen LogP contribution in [-0.2, 0) is 12.8 Å². The summed E-state index contributed by atoms with van der Waals surface area (Å²) in [6, 6.07) is 10.5. The highest BCUT2D eigenvalue weighted by atomic mass is 16.1. The third kappa shape index (κ3) is 3.03. The van der Waals surface area contributed by atoms with Crippen LogP contribution in [0.2, 0.25) is 0 Å². The molecule has 1 N–H and O–H groups in total. The van der Waals surface area contributed by atoms with Crippen LogP contribution in [0.3, 0.4) is 0 Å². The number of benzene rings is 1. The molecule has 0 atom stereocenters. The minimum atomic E-state index is 0.0717. The standard InChI is InChI=1S/C19H24N4O/c24-18-16-9-5-2-6-10-17(16)20-19(21-18)23-13-11-22(12-14-23)15-7-3-1-4-8-15/h1,3-4,7-8H,2,5-6,9-14H2,(H,20,21,24). The fourth-order valence-electron chi connectivity index (χ4n) is 3.73. The van der Waals surface area contributed by atoms with Gasteiger partial charge in [0.2, 0.25) is 5.95 Å². The van der Waals surface area contributed by atoms with Gasteiger partial charge in [0, 0.05) is 37.4 Å². The van der Waals surface area contributed by atoms with Crippen LogP contribution in [0.4, 0.5) is 11.6 Å². The molecule has 0 amide bonds. The monoisotopic (exact) mass is 324 g/mol. The van der Waals surface area contributed by atoms with Crippen molar-refractivity contribution in [3.63, 3.8) is 0 Å². The highest BCUT2D eigenvalue weighted by Gasteiger charge is 2.21. The molecule has 1 aliphatic heterocycles. The largest absolute Gasteiger partial charge is 0.368 e. The average Bonchev–Trinajstić information content (AvgIpc) is 2.88. The Labute approximate surface area is 142 Å². The molecule has 5 nitrogen and oxygen atoms in total. The highest BCUT2D eigenvalue weighted by molar-refractivity contribution is 5.48. The number of hydrogen-bond donors (Lipinski definition) is 1. The van der Waals surface area contributed by atoms with E-state index in [0.29, 0.717) is 0 Å². The van der Waals surface area contributed by atoms with Crippen molar-refractivity contribution >= 4 is 11.6 Å². The molecule has 5 heteroatoms. The molecule has 2 aromatic rings. The predicted octanol–water partition coefficient (Wildman–Crippen LogP) is 2.37. The lowest BCUT2D eigenvalue weighted by Gasteiger charge is -2.36. The molecule has 2 heterocycles. The van der Waals surface area contributed by atoms with Gasteiger partial charge in [-0.15, -0.1) is 0 Å². The molecule has 2 aliphatic rings. The van der Waals surface area contributed by atoms with Crippen molar-refractivity contribution in [2.75, 3.05) is 36.0 Å². The van der Waals surface area contributed by atoms with Crippen molar-refractivity contribution in [2.45, 2.75) is 32.1 Å². The van der Waals surface area contributed by atoms with E-state index in [1.165, 1.54) is 12.1 Å². The van der Waals surface area contributed by atoms with E-state index in [1.54, 1.807) is 0 Å². The topological polar surface area (TPSA) is 52.2 Å². The molecule has 0 saturated carbocycles. The van der Waals surface area contributed by atoms with Crippen molar-refractivity contribution in [1.29, 1.82) is 0 Å². The number of rotatable bonds is 2. The molecule has 1 aromatic carbocycles. The number of piperazine rings is 1. The SMILES string of the molecule is O=c1[nH]c(N2CCN(c3ccccc3)CC2)nc2c1CCCCC2. The smallest absolute Gasteiger partial charge is 0.255 e. The number of aryl methyl sites for hydroxylation is 1. The molecule has 0 spiro atoms. The normalized spacial score (nSPS) is 18.2. The van der Waals surface area contributed by atoms with Crippen molar-refractivity contribution in [3.8, 4) is 0 Å². The van der Waals surface area contributed by atoms with E-state index >= 15 is 0 Å². The minimum absolute atomic E-state index is 0.0717. The first-order chi connectivity index (χ1) is 11.8. The summed E-state index contributed by atoms with van der Waals surface area (Å²) in [4.78, 5) is 24.9. The molecule has 0 radical (unpaired) electrons. The van der Waals surface area contributed by atoms with Crippen molar-refractivity contribution in [2.24, 2.45) is 0 Å². The van der Waals surface area contributed by atoms with Crippen LogP contribution in [-0.4, -0.2) is 36.1 Å². The molecular weight excluding hydrogens is 300 g/mol. The molecule has 24 heavy (non-hydrogen) atoms. The van der Waals surface area contributed by atoms with Gasteiger partial charge < -0.3 is 9.80 Å². The molecule has 4 rings (SSSR count). The van der Waals surface area contributed by atoms with Crippen LogP contribution >= 0.6 is 0 Å². The van der Waals surface area contributed by atoms with Crippen LogP contribution in [0.15, 0.2) is 35.1 Å². The van der Waals surface area contributed by atoms with Crippen molar-refractivity contribution in [1.82, 2.24) is 9.97 Å². The van der Waals surface area contributed by atoms with Crippen LogP contribution < -0.4 is 15.4 Å². The number of H-pyrrole nitrogens is 1. The average molecular weight is 324 g/mol. The lowest BCUT2D eigenvalue weighted by atomic mass is 10.1. The Hall–Kier alpha value is -2.30. The first-order valence-corrected chi connectivity index (χ1v) is 8.98. The summed E-state index contributed by atoms with van der Waals surface area (Å²) in [6.45, 7) is 3.67. The third-order valence-electron chi connectivity index (χ3n) is 5.13. The number of hydrogen-bond acceptors (Lipinski definition) is 4. The second-order valence-corrected chi connectivity index (χ2v) is 6.69. The highest BCUT2D eigenvalue weighted by Crippen LogP contribution is 2.20. The fraction of sp³-hybridized carbons (Fsp3) is 0.474. The Kier molecular flexibility index (Phi) is 4.24. The maximum absolute atomic E-state index is 12.4. The van der Waals surface area contributed by atoms with Gasteiger partial charge in [-0.05, 0) is 37.8 Å². The second kappa shape index (κ2) is 6.67. The minimum Gasteiger partial charge on any atom is -0.368 e. The Morgan fingerprint density at radius 1 is 0.875 bits per heavy atom. The first kappa shape index (κ1) is 15.2. The van der Waals surface area contributed by atoms with Gasteiger partial charge >= 0.3 is 0 Å². The maximum atomic E-state index is 12.4. The van der Waals surface area contributed by atoms with E-state index in [1.807, 2.05) is 6.07 Å². The van der Waals surface area contributed by atoms with E-state index in [4.69, 9.17) is 4.98 Å². The second-order valence-electron chi connectivity index (χ2n) is 6.69. The van der Waals surface area contributed by atoms with E-state index in [9.17, 15) is 4.79 Å². The van der Waals surface area contributed by atoms with Gasteiger partial charge in [0.05, 0.1) is 5.69 Å². The summed E-state index contributed by atoms with van der Waals surface area (Å²) in [7, 11) is 0. The van der Waals surface area contributed by atoms with Gasteiger partial charge in [-0.25, -0.2) is 4.98 Å². The molecule has 0 unspecified atom stereocenters. The zero-order chi connectivity index (χ0) is 16.4. The molecule has 1 fully saturated rings. The lowest BCUT2D eigenvalue weighted by molar-refractivity contribution is 0.636. The zero-order valence-electron chi connectivity index (χ0n) is 14.0. The van der Waals surface area contributed by atoms with E-state index in [-0.39, 0.29) is 5.56 Å². The van der Waals surface area contributed by atoms with Gasteiger partial charge in [0.15, 0.2) is 0 Å². The lowest BCUT2D eigenvalue weighted by Crippen LogP contribution is -2.47. The zero-order valence-corrected chi connectivity index (χ0v) is 14.0. The van der Waals surface area contributed by atoms with Crippen LogP contribution in [0.25, 0.3) is 0 Å². The van der Waals surface area contributed by atoms with Crippen molar-refractivity contribution in [3.05, 3.63) is 51.9 Å². The molecule has 126 valence electrons. The van der Waals surface area contributed by atoms with E-state index < -0.39 is 0 Å². The van der Waals surface area contributed by atoms with Gasteiger partial charge in [-0.3, -0.25) is 9.78 Å². The summed E-state index contributed by atoms with van der Waals surface area (Å²) in [5.41, 5.74) is 3.28. The van der Waals surface area contributed by atoms with Crippen LogP contribution in [0.5, 0.6) is 0 Å². The number of anilines is 2. The third-order valence-corrected chi connectivity index (χ3v) is 5.13. The number of nitrogens with zero attached hydrogens (tertiary/aromatic N) is 3. The van der Waals surface area contributed by atoms with Gasteiger partial charge in [0.25, 0.3) is 5.56 Å². The molecule has 1 saturated heterocycles. The van der Waals surface area contributed by atoms with E-state index in [2.05, 4.69) is 39.0 Å². The molecule has 1 aromatic heterocycles. The van der Waals surface area contributed by atoms with Gasteiger partial charge in [-0.1, -0.05) is 24.6 Å². The number of fused-ring (bicyclic) bond motifs is 1. The number of para-hydroxylation sites is 1. The summed E-state index contributed by atoms with van der Waals surface area (Å²) < 4.78 is 0. The van der Waals surface area contributed by atoms with Gasteiger partial charge in [-0.2, -0.15) is 0 Å². The summed E-state index contributed by atoms with van der Waals surface area (Å²) in [5.74, 6) is 0.758. The summed E-state index contributed by atoms with van der Waals surface area (Å²) in [5, 5.41) is 0. The molecule has 1 aliphatic carbocycles. The molecular formula is C19H24N4O. The number of aromatic nitrogens is 2. The first-order valence-electron chi connectivity index (χ1n) is 8.98. The quantitative estimate of drug-likeness (QED) is 0.862. The Morgan fingerprint density at radius 2 is 1.58 bits per heavy atom. The number of nitrogens with one attached hydrogen (secondary N) is 1. The molecule has 0 bridgehead atoms. The summed E-state index contributed by atoms with van der Waals surface area (Å²) in [6.07, 6.45) is 5.26. The predicted molar refractivity (Wildman–Crippen MR) is 97.0 cm³/mol. The summed E-state index contributed by atoms with van der Waals surface area (Å²) >= 11 is 0.